The normalized spacial score (nSPS) is 25.8. The zero-order valence-electron chi connectivity index (χ0n) is 11.9. The van der Waals surface area contributed by atoms with Gasteiger partial charge in [0.2, 0.25) is 0 Å². The molecule has 2 unspecified atom stereocenters. The zero-order chi connectivity index (χ0) is 13.8. The van der Waals surface area contributed by atoms with Crippen LogP contribution in [0.4, 0.5) is 4.79 Å². The summed E-state index contributed by atoms with van der Waals surface area (Å²) in [5, 5.41) is 3.37. The van der Waals surface area contributed by atoms with E-state index in [1.54, 1.807) is 0 Å². The van der Waals surface area contributed by atoms with Gasteiger partial charge in [-0.05, 0) is 12.3 Å². The molecule has 2 atom stereocenters. The molecular weight excluding hydrogens is 232 g/mol. The Morgan fingerprint density at radius 2 is 2.17 bits per heavy atom. The van der Waals surface area contributed by atoms with Gasteiger partial charge in [-0.3, -0.25) is 0 Å². The highest BCUT2D eigenvalue weighted by Gasteiger charge is 2.48. The number of carbonyl (C=O) groups excluding carboxylic acids is 1. The standard InChI is InChI=1S/C13H26N2O3/c1-9(2)8-18-11-7-10(13(11,3)4)15-5-6-17-12(14)16/h9-11,15H,5-8H2,1-4H3,(H2,14,16). The monoisotopic (exact) mass is 258 g/mol. The van der Waals surface area contributed by atoms with Crippen molar-refractivity contribution >= 4 is 6.09 Å². The second-order valence-electron chi connectivity index (χ2n) is 5.95. The van der Waals surface area contributed by atoms with Crippen LogP contribution in [0.5, 0.6) is 0 Å². The summed E-state index contributed by atoms with van der Waals surface area (Å²) in [6, 6.07) is 0.408. The summed E-state index contributed by atoms with van der Waals surface area (Å²) in [7, 11) is 0. The molecule has 1 aliphatic rings. The van der Waals surface area contributed by atoms with Crippen LogP contribution in [-0.4, -0.2) is 38.0 Å². The van der Waals surface area contributed by atoms with Gasteiger partial charge in [-0.25, -0.2) is 4.79 Å². The van der Waals surface area contributed by atoms with Crippen LogP contribution in [0.2, 0.25) is 0 Å². The van der Waals surface area contributed by atoms with Crippen molar-refractivity contribution in [2.24, 2.45) is 17.1 Å². The Bertz CT molecular complexity index is 279. The molecule has 0 aromatic carbocycles. The van der Waals surface area contributed by atoms with E-state index in [0.717, 1.165) is 13.0 Å². The fourth-order valence-electron chi connectivity index (χ4n) is 2.21. The zero-order valence-corrected chi connectivity index (χ0v) is 11.9. The molecule has 1 fully saturated rings. The van der Waals surface area contributed by atoms with Crippen molar-refractivity contribution in [3.63, 3.8) is 0 Å². The molecule has 1 aliphatic carbocycles. The van der Waals surface area contributed by atoms with Gasteiger partial charge in [-0.1, -0.05) is 27.7 Å². The first-order chi connectivity index (χ1) is 8.34. The van der Waals surface area contributed by atoms with E-state index in [4.69, 9.17) is 10.5 Å². The third kappa shape index (κ3) is 4.14. The van der Waals surface area contributed by atoms with E-state index in [-0.39, 0.29) is 5.41 Å². The van der Waals surface area contributed by atoms with Gasteiger partial charge in [0.1, 0.15) is 6.61 Å². The molecule has 0 heterocycles. The summed E-state index contributed by atoms with van der Waals surface area (Å²) >= 11 is 0. The van der Waals surface area contributed by atoms with E-state index < -0.39 is 6.09 Å². The molecule has 1 saturated carbocycles. The Hall–Kier alpha value is -0.810. The second-order valence-corrected chi connectivity index (χ2v) is 5.95. The van der Waals surface area contributed by atoms with Gasteiger partial charge < -0.3 is 20.5 Å². The topological polar surface area (TPSA) is 73.6 Å². The van der Waals surface area contributed by atoms with E-state index in [2.05, 4.69) is 37.7 Å². The van der Waals surface area contributed by atoms with Crippen molar-refractivity contribution in [2.75, 3.05) is 19.8 Å². The number of hydrogen-bond donors (Lipinski definition) is 2. The minimum absolute atomic E-state index is 0.127. The van der Waals surface area contributed by atoms with Crippen LogP contribution in [0.3, 0.4) is 0 Å². The maximum atomic E-state index is 10.4. The predicted octanol–water partition coefficient (Wildman–Crippen LogP) is 1.51. The van der Waals surface area contributed by atoms with Crippen LogP contribution in [-0.2, 0) is 9.47 Å². The molecule has 106 valence electrons. The van der Waals surface area contributed by atoms with Crippen LogP contribution < -0.4 is 11.1 Å². The molecule has 0 saturated heterocycles. The summed E-state index contributed by atoms with van der Waals surface area (Å²) in [6.07, 6.45) is 0.605. The van der Waals surface area contributed by atoms with E-state index in [9.17, 15) is 4.79 Å². The van der Waals surface area contributed by atoms with Gasteiger partial charge in [-0.15, -0.1) is 0 Å². The number of primary amides is 1. The van der Waals surface area contributed by atoms with Gasteiger partial charge in [0.25, 0.3) is 0 Å². The number of rotatable bonds is 7. The first-order valence-electron chi connectivity index (χ1n) is 6.61. The van der Waals surface area contributed by atoms with Crippen molar-refractivity contribution in [3.8, 4) is 0 Å². The van der Waals surface area contributed by atoms with Crippen molar-refractivity contribution in [2.45, 2.75) is 46.3 Å². The molecule has 18 heavy (non-hydrogen) atoms. The smallest absolute Gasteiger partial charge is 0.404 e. The number of amides is 1. The fraction of sp³-hybridized carbons (Fsp3) is 0.923. The van der Waals surface area contributed by atoms with E-state index in [1.165, 1.54) is 0 Å². The van der Waals surface area contributed by atoms with Gasteiger partial charge in [0.05, 0.1) is 6.10 Å². The average molecular weight is 258 g/mol. The molecule has 0 aromatic rings. The quantitative estimate of drug-likeness (QED) is 0.679. The maximum Gasteiger partial charge on any atom is 0.404 e. The molecule has 5 nitrogen and oxygen atoms in total. The van der Waals surface area contributed by atoms with Crippen LogP contribution in [0.25, 0.3) is 0 Å². The van der Waals surface area contributed by atoms with Crippen molar-refractivity contribution in [1.29, 1.82) is 0 Å². The predicted molar refractivity (Wildman–Crippen MR) is 70.3 cm³/mol. The minimum atomic E-state index is -0.720. The molecule has 0 bridgehead atoms. The van der Waals surface area contributed by atoms with Crippen molar-refractivity contribution < 1.29 is 14.3 Å². The molecule has 0 aliphatic heterocycles. The lowest BCUT2D eigenvalue weighted by atomic mass is 9.64. The summed E-state index contributed by atoms with van der Waals surface area (Å²) in [4.78, 5) is 10.4. The number of ether oxygens (including phenoxy) is 2. The second kappa shape index (κ2) is 6.38. The van der Waals surface area contributed by atoms with Crippen LogP contribution in [0.1, 0.15) is 34.1 Å². The SMILES string of the molecule is CC(C)COC1CC(NCCOC(N)=O)C1(C)C. The summed E-state index contributed by atoms with van der Waals surface area (Å²) in [5.74, 6) is 0.566. The summed E-state index contributed by atoms with van der Waals surface area (Å²) in [5.41, 5.74) is 5.02. The third-order valence-electron chi connectivity index (χ3n) is 3.55. The molecule has 1 rings (SSSR count). The molecular formula is C13H26N2O3. The lowest BCUT2D eigenvalue weighted by molar-refractivity contribution is -0.124. The fourth-order valence-corrected chi connectivity index (χ4v) is 2.21. The molecule has 0 spiro atoms. The molecule has 0 aromatic heterocycles. The minimum Gasteiger partial charge on any atom is -0.448 e. The highest BCUT2D eigenvalue weighted by atomic mass is 16.5. The number of carbonyl (C=O) groups is 1. The van der Waals surface area contributed by atoms with Gasteiger partial charge in [0.15, 0.2) is 0 Å². The Morgan fingerprint density at radius 1 is 1.50 bits per heavy atom. The Kier molecular flexibility index (Phi) is 5.41. The van der Waals surface area contributed by atoms with Gasteiger partial charge in [0, 0.05) is 24.6 Å². The Balaban J connectivity index is 2.20. The van der Waals surface area contributed by atoms with E-state index in [1.807, 2.05) is 0 Å². The molecule has 1 amide bonds. The molecule has 3 N–H and O–H groups in total. The van der Waals surface area contributed by atoms with Crippen molar-refractivity contribution in [3.05, 3.63) is 0 Å². The lowest BCUT2D eigenvalue weighted by Gasteiger charge is -2.52. The lowest BCUT2D eigenvalue weighted by Crippen LogP contribution is -2.61. The number of hydrogen-bond acceptors (Lipinski definition) is 4. The summed E-state index contributed by atoms with van der Waals surface area (Å²) in [6.45, 7) is 10.5. The number of nitrogens with two attached hydrogens (primary N) is 1. The van der Waals surface area contributed by atoms with Crippen molar-refractivity contribution in [1.82, 2.24) is 5.32 Å². The molecule has 0 radical (unpaired) electrons. The Morgan fingerprint density at radius 3 is 2.67 bits per heavy atom. The van der Waals surface area contributed by atoms with Crippen LogP contribution in [0.15, 0.2) is 0 Å². The van der Waals surface area contributed by atoms with Crippen LogP contribution in [0, 0.1) is 11.3 Å². The highest BCUT2D eigenvalue weighted by molar-refractivity contribution is 5.64. The number of nitrogens with one attached hydrogen (secondary N) is 1. The third-order valence-corrected chi connectivity index (χ3v) is 3.55. The first-order valence-corrected chi connectivity index (χ1v) is 6.61. The Labute approximate surface area is 109 Å². The van der Waals surface area contributed by atoms with Crippen LogP contribution >= 0.6 is 0 Å². The average Bonchev–Trinajstić information content (AvgIpc) is 2.25. The summed E-state index contributed by atoms with van der Waals surface area (Å²) < 4.78 is 10.6. The van der Waals surface area contributed by atoms with Gasteiger partial charge >= 0.3 is 6.09 Å². The maximum absolute atomic E-state index is 10.4. The largest absolute Gasteiger partial charge is 0.448 e. The van der Waals surface area contributed by atoms with E-state index in [0.29, 0.717) is 31.2 Å². The highest BCUT2D eigenvalue weighted by Crippen LogP contribution is 2.42. The van der Waals surface area contributed by atoms with Gasteiger partial charge in [-0.2, -0.15) is 0 Å². The molecule has 5 heteroatoms. The first kappa shape index (κ1) is 15.2. The van der Waals surface area contributed by atoms with E-state index >= 15 is 0 Å².